The second kappa shape index (κ2) is 5.28. The molecule has 21 heavy (non-hydrogen) atoms. The molecule has 1 saturated heterocycles. The van der Waals surface area contributed by atoms with Gasteiger partial charge in [-0.3, -0.25) is 4.57 Å². The van der Waals surface area contributed by atoms with Gasteiger partial charge >= 0.3 is 0 Å². The van der Waals surface area contributed by atoms with Gasteiger partial charge in [-0.1, -0.05) is 0 Å². The van der Waals surface area contributed by atoms with Gasteiger partial charge in [-0.2, -0.15) is 15.0 Å². The Hall–Kier alpha value is -2.22. The van der Waals surface area contributed by atoms with E-state index in [1.165, 1.54) is 0 Å². The minimum absolute atomic E-state index is 0.514. The maximum absolute atomic E-state index is 10.1. The molecule has 1 aliphatic heterocycles. The summed E-state index contributed by atoms with van der Waals surface area (Å²) >= 11 is 0. The smallest absolute Gasteiger partial charge is 0.241 e. The van der Waals surface area contributed by atoms with E-state index >= 15 is 0 Å². The van der Waals surface area contributed by atoms with Crippen LogP contribution >= 0.6 is 0 Å². The number of nitrogens with zero attached hydrogens (tertiary/aromatic N) is 6. The molecule has 2 aromatic heterocycles. The Morgan fingerprint density at radius 3 is 2.76 bits per heavy atom. The fourth-order valence-corrected chi connectivity index (χ4v) is 2.34. The molecule has 3 rings (SSSR count). The lowest BCUT2D eigenvalue weighted by Gasteiger charge is -2.19. The summed E-state index contributed by atoms with van der Waals surface area (Å²) < 4.78 is 1.74. The first-order valence-electron chi connectivity index (χ1n) is 7.03. The lowest BCUT2D eigenvalue weighted by molar-refractivity contribution is 0.0838. The van der Waals surface area contributed by atoms with E-state index in [2.05, 4.69) is 25.3 Å². The minimum Gasteiger partial charge on any atom is -0.388 e. The molecule has 8 heteroatoms. The van der Waals surface area contributed by atoms with Crippen LogP contribution in [0.2, 0.25) is 0 Å². The fourth-order valence-electron chi connectivity index (χ4n) is 2.34. The van der Waals surface area contributed by atoms with Crippen LogP contribution in [0.25, 0.3) is 5.95 Å². The maximum Gasteiger partial charge on any atom is 0.241 e. The van der Waals surface area contributed by atoms with Gasteiger partial charge in [0, 0.05) is 32.0 Å². The van der Waals surface area contributed by atoms with Crippen molar-refractivity contribution in [2.75, 3.05) is 29.9 Å². The van der Waals surface area contributed by atoms with Gasteiger partial charge in [-0.15, -0.1) is 0 Å². The summed E-state index contributed by atoms with van der Waals surface area (Å²) in [6, 6.07) is 0. The van der Waals surface area contributed by atoms with Crippen LogP contribution in [0, 0.1) is 0 Å². The Morgan fingerprint density at radius 2 is 2.14 bits per heavy atom. The van der Waals surface area contributed by atoms with Crippen molar-refractivity contribution in [3.63, 3.8) is 0 Å². The zero-order valence-corrected chi connectivity index (χ0v) is 12.2. The topological polar surface area (TPSA) is 92.0 Å². The molecular formula is C13H19N7O. The van der Waals surface area contributed by atoms with Crippen LogP contribution < -0.4 is 10.2 Å². The van der Waals surface area contributed by atoms with Crippen molar-refractivity contribution < 1.29 is 5.11 Å². The average Bonchev–Trinajstić information content (AvgIpc) is 3.08. The van der Waals surface area contributed by atoms with Gasteiger partial charge in [-0.25, -0.2) is 4.98 Å². The number of nitrogens with one attached hydrogen (secondary N) is 1. The predicted molar refractivity (Wildman–Crippen MR) is 78.6 cm³/mol. The number of aromatic nitrogens is 5. The summed E-state index contributed by atoms with van der Waals surface area (Å²) in [6.45, 7) is 5.79. The monoisotopic (exact) mass is 289 g/mol. The standard InChI is InChI=1S/C13H19N7O/c1-3-15-10-16-11(19-6-4-13(2,21)8-19)18-12(17-10)20-7-5-14-9-20/h5,7,9,21H,3-4,6,8H2,1-2H3,(H,15,16,17,18). The largest absolute Gasteiger partial charge is 0.388 e. The molecule has 1 atom stereocenters. The van der Waals surface area contributed by atoms with Gasteiger partial charge in [0.1, 0.15) is 6.33 Å². The molecule has 112 valence electrons. The molecule has 8 nitrogen and oxygen atoms in total. The first kappa shape index (κ1) is 13.7. The van der Waals surface area contributed by atoms with Crippen molar-refractivity contribution >= 4 is 11.9 Å². The summed E-state index contributed by atoms with van der Waals surface area (Å²) in [5.74, 6) is 1.61. The highest BCUT2D eigenvalue weighted by molar-refractivity contribution is 5.41. The number of rotatable bonds is 4. The lowest BCUT2D eigenvalue weighted by Crippen LogP contribution is -2.31. The quantitative estimate of drug-likeness (QED) is 0.844. The third-order valence-electron chi connectivity index (χ3n) is 3.42. The molecule has 1 fully saturated rings. The number of β-amino-alcohol motifs (C(OH)–C–C–N with tert-alkyl or cyclic N) is 1. The highest BCUT2D eigenvalue weighted by Crippen LogP contribution is 2.24. The van der Waals surface area contributed by atoms with E-state index in [0.717, 1.165) is 13.1 Å². The van der Waals surface area contributed by atoms with Crippen molar-refractivity contribution in [2.24, 2.45) is 0 Å². The molecule has 0 radical (unpaired) electrons. The normalized spacial score (nSPS) is 21.8. The van der Waals surface area contributed by atoms with E-state index in [1.54, 1.807) is 23.3 Å². The van der Waals surface area contributed by atoms with Crippen molar-refractivity contribution in [1.29, 1.82) is 0 Å². The second-order valence-corrected chi connectivity index (χ2v) is 5.43. The van der Waals surface area contributed by atoms with Crippen LogP contribution in [0.1, 0.15) is 20.3 Å². The summed E-state index contributed by atoms with van der Waals surface area (Å²) in [4.78, 5) is 19.3. The molecule has 0 spiro atoms. The molecule has 1 aliphatic rings. The molecule has 0 aliphatic carbocycles. The van der Waals surface area contributed by atoms with Crippen molar-refractivity contribution in [3.8, 4) is 5.95 Å². The molecule has 0 amide bonds. The Bertz CT molecular complexity index is 611. The van der Waals surface area contributed by atoms with Crippen LogP contribution in [0.4, 0.5) is 11.9 Å². The zero-order valence-electron chi connectivity index (χ0n) is 12.2. The first-order valence-corrected chi connectivity index (χ1v) is 7.03. The summed E-state index contributed by atoms with van der Waals surface area (Å²) in [6.07, 6.45) is 5.82. The van der Waals surface area contributed by atoms with E-state index in [0.29, 0.717) is 30.8 Å². The Labute approximate surface area is 122 Å². The van der Waals surface area contributed by atoms with Gasteiger partial charge in [0.15, 0.2) is 0 Å². The SMILES string of the molecule is CCNc1nc(N2CCC(C)(O)C2)nc(-n2ccnc2)n1. The summed E-state index contributed by atoms with van der Waals surface area (Å²) in [5, 5.41) is 13.2. The molecule has 1 unspecified atom stereocenters. The molecule has 2 aromatic rings. The van der Waals surface area contributed by atoms with Crippen LogP contribution in [-0.4, -0.2) is 54.8 Å². The third-order valence-corrected chi connectivity index (χ3v) is 3.42. The molecule has 2 N–H and O–H groups in total. The second-order valence-electron chi connectivity index (χ2n) is 5.43. The van der Waals surface area contributed by atoms with Crippen LogP contribution in [0.3, 0.4) is 0 Å². The predicted octanol–water partition coefficient (Wildman–Crippen LogP) is 0.450. The number of aliphatic hydroxyl groups is 1. The lowest BCUT2D eigenvalue weighted by atomic mass is 10.1. The maximum atomic E-state index is 10.1. The zero-order chi connectivity index (χ0) is 14.9. The highest BCUT2D eigenvalue weighted by atomic mass is 16.3. The van der Waals surface area contributed by atoms with Crippen molar-refractivity contribution in [3.05, 3.63) is 18.7 Å². The van der Waals surface area contributed by atoms with Gasteiger partial charge < -0.3 is 15.3 Å². The average molecular weight is 289 g/mol. The summed E-state index contributed by atoms with van der Waals surface area (Å²) in [7, 11) is 0. The molecule has 0 saturated carbocycles. The van der Waals surface area contributed by atoms with Gasteiger partial charge in [0.2, 0.25) is 17.8 Å². The molecule has 0 aromatic carbocycles. The van der Waals surface area contributed by atoms with Crippen LogP contribution in [-0.2, 0) is 0 Å². The van der Waals surface area contributed by atoms with E-state index in [1.807, 2.05) is 18.7 Å². The van der Waals surface area contributed by atoms with E-state index in [9.17, 15) is 5.11 Å². The molecule has 0 bridgehead atoms. The number of imidazole rings is 1. The number of anilines is 2. The van der Waals surface area contributed by atoms with Gasteiger partial charge in [-0.05, 0) is 20.3 Å². The van der Waals surface area contributed by atoms with Gasteiger partial charge in [0.25, 0.3) is 0 Å². The summed E-state index contributed by atoms with van der Waals surface area (Å²) in [5.41, 5.74) is -0.694. The minimum atomic E-state index is -0.694. The molecular weight excluding hydrogens is 270 g/mol. The van der Waals surface area contributed by atoms with E-state index in [-0.39, 0.29) is 0 Å². The Morgan fingerprint density at radius 1 is 1.33 bits per heavy atom. The number of hydrogen-bond acceptors (Lipinski definition) is 7. The van der Waals surface area contributed by atoms with Crippen LogP contribution in [0.5, 0.6) is 0 Å². The van der Waals surface area contributed by atoms with Crippen molar-refractivity contribution in [1.82, 2.24) is 24.5 Å². The van der Waals surface area contributed by atoms with Gasteiger partial charge in [0.05, 0.1) is 5.60 Å². The third kappa shape index (κ3) is 2.94. The number of hydrogen-bond donors (Lipinski definition) is 2. The first-order chi connectivity index (χ1) is 10.1. The van der Waals surface area contributed by atoms with E-state index in [4.69, 9.17) is 0 Å². The Balaban J connectivity index is 1.96. The Kier molecular flexibility index (Phi) is 3.46. The van der Waals surface area contributed by atoms with Crippen LogP contribution in [0.15, 0.2) is 18.7 Å². The fraction of sp³-hybridized carbons (Fsp3) is 0.538. The van der Waals surface area contributed by atoms with E-state index < -0.39 is 5.60 Å². The highest BCUT2D eigenvalue weighted by Gasteiger charge is 2.33. The molecule has 3 heterocycles. The van der Waals surface area contributed by atoms with Crippen molar-refractivity contribution in [2.45, 2.75) is 25.9 Å².